The first-order chi connectivity index (χ1) is 15.7. The van der Waals surface area contributed by atoms with Crippen molar-refractivity contribution >= 4 is 17.5 Å². The van der Waals surface area contributed by atoms with Crippen LogP contribution in [0, 0.1) is 0 Å². The minimum atomic E-state index is 0.209. The lowest BCUT2D eigenvalue weighted by molar-refractivity contribution is -0.133. The summed E-state index contributed by atoms with van der Waals surface area (Å²) >= 11 is 5.89. The van der Waals surface area contributed by atoms with E-state index in [9.17, 15) is 4.79 Å². The number of carbonyl (C=O) groups excluding carboxylic acids is 1. The van der Waals surface area contributed by atoms with Crippen molar-refractivity contribution in [1.82, 2.24) is 9.80 Å². The topological polar surface area (TPSA) is 32.8 Å². The van der Waals surface area contributed by atoms with E-state index < -0.39 is 0 Å². The molecule has 1 aliphatic rings. The third-order valence-electron chi connectivity index (χ3n) is 5.88. The first-order valence-corrected chi connectivity index (χ1v) is 11.6. The molecule has 0 aromatic heterocycles. The molecule has 4 rings (SSSR count). The van der Waals surface area contributed by atoms with Gasteiger partial charge in [0.25, 0.3) is 0 Å². The molecule has 32 heavy (non-hydrogen) atoms. The highest BCUT2D eigenvalue weighted by atomic mass is 35.5. The number of nitrogens with zero attached hydrogens (tertiary/aromatic N) is 2. The van der Waals surface area contributed by atoms with Crippen LogP contribution in [0.5, 0.6) is 5.75 Å². The second-order valence-electron chi connectivity index (χ2n) is 8.05. The van der Waals surface area contributed by atoms with Gasteiger partial charge in [-0.1, -0.05) is 72.3 Å². The molecule has 4 nitrogen and oxygen atoms in total. The molecule has 0 spiro atoms. The van der Waals surface area contributed by atoms with E-state index in [4.69, 9.17) is 16.3 Å². The smallest absolute Gasteiger partial charge is 0.222 e. The number of ether oxygens (including phenoxy) is 1. The summed E-state index contributed by atoms with van der Waals surface area (Å²) in [5, 5.41) is 0.688. The first-order valence-electron chi connectivity index (χ1n) is 11.2. The van der Waals surface area contributed by atoms with Crippen molar-refractivity contribution in [3.63, 3.8) is 0 Å². The van der Waals surface area contributed by atoms with Crippen LogP contribution in [0.25, 0.3) is 0 Å². The van der Waals surface area contributed by atoms with Gasteiger partial charge in [0.05, 0.1) is 12.6 Å². The van der Waals surface area contributed by atoms with Gasteiger partial charge in [-0.15, -0.1) is 0 Å². The third kappa shape index (κ3) is 5.90. The molecule has 3 aromatic rings. The fourth-order valence-electron chi connectivity index (χ4n) is 4.22. The van der Waals surface area contributed by atoms with Gasteiger partial charge in [-0.25, -0.2) is 0 Å². The highest BCUT2D eigenvalue weighted by molar-refractivity contribution is 6.30. The lowest BCUT2D eigenvalue weighted by Crippen LogP contribution is -2.49. The third-order valence-corrected chi connectivity index (χ3v) is 6.13. The molecule has 0 bridgehead atoms. The van der Waals surface area contributed by atoms with Crippen molar-refractivity contribution in [3.05, 3.63) is 101 Å². The van der Waals surface area contributed by atoms with E-state index in [1.165, 1.54) is 11.1 Å². The Hall–Kier alpha value is -2.82. The van der Waals surface area contributed by atoms with Gasteiger partial charge in [-0.3, -0.25) is 9.69 Å². The van der Waals surface area contributed by atoms with Gasteiger partial charge in [-0.2, -0.15) is 0 Å². The van der Waals surface area contributed by atoms with Gasteiger partial charge in [0, 0.05) is 37.6 Å². The van der Waals surface area contributed by atoms with Gasteiger partial charge in [0.2, 0.25) is 5.91 Å². The zero-order chi connectivity index (χ0) is 22.2. The maximum absolute atomic E-state index is 12.7. The summed E-state index contributed by atoms with van der Waals surface area (Å²) in [6.07, 6.45) is 1.21. The second-order valence-corrected chi connectivity index (χ2v) is 8.48. The number of hydrogen-bond acceptors (Lipinski definition) is 3. The molecule has 1 aliphatic heterocycles. The van der Waals surface area contributed by atoms with Crippen molar-refractivity contribution in [2.45, 2.75) is 18.9 Å². The largest absolute Gasteiger partial charge is 0.494 e. The van der Waals surface area contributed by atoms with Gasteiger partial charge in [0.15, 0.2) is 0 Å². The van der Waals surface area contributed by atoms with E-state index in [2.05, 4.69) is 65.6 Å². The Balaban J connectivity index is 1.28. The van der Waals surface area contributed by atoms with Crippen LogP contribution >= 0.6 is 11.6 Å². The van der Waals surface area contributed by atoms with Gasteiger partial charge in [0.1, 0.15) is 5.75 Å². The molecule has 0 atom stereocenters. The average Bonchev–Trinajstić information content (AvgIpc) is 2.85. The zero-order valence-electron chi connectivity index (χ0n) is 18.2. The van der Waals surface area contributed by atoms with Crippen molar-refractivity contribution < 1.29 is 9.53 Å². The molecule has 0 radical (unpaired) electrons. The number of amides is 1. The normalized spacial score (nSPS) is 14.5. The lowest BCUT2D eigenvalue weighted by Gasteiger charge is -2.40. The average molecular weight is 449 g/mol. The maximum atomic E-state index is 12.7. The van der Waals surface area contributed by atoms with Crippen LogP contribution in [0.4, 0.5) is 0 Å². The molecule has 166 valence electrons. The number of carbonyl (C=O) groups is 1. The molecular formula is C27H29ClN2O2. The molecule has 1 heterocycles. The minimum Gasteiger partial charge on any atom is -0.494 e. The Bertz CT molecular complexity index is 932. The van der Waals surface area contributed by atoms with E-state index in [-0.39, 0.29) is 11.9 Å². The Morgan fingerprint density at radius 2 is 1.38 bits per heavy atom. The van der Waals surface area contributed by atoms with Crippen LogP contribution in [0.2, 0.25) is 5.02 Å². The summed E-state index contributed by atoms with van der Waals surface area (Å²) in [5.74, 6) is 0.989. The number of halogens is 1. The van der Waals surface area contributed by atoms with Crippen LogP contribution in [0.15, 0.2) is 84.9 Å². The Morgan fingerprint density at radius 3 is 1.94 bits per heavy atom. The van der Waals surface area contributed by atoms with Crippen molar-refractivity contribution in [1.29, 1.82) is 0 Å². The number of benzene rings is 3. The summed E-state index contributed by atoms with van der Waals surface area (Å²) in [4.78, 5) is 17.2. The number of hydrogen-bond donors (Lipinski definition) is 0. The van der Waals surface area contributed by atoms with Crippen LogP contribution in [-0.2, 0) is 4.79 Å². The Morgan fingerprint density at radius 1 is 0.812 bits per heavy atom. The van der Waals surface area contributed by atoms with E-state index in [1.807, 2.05) is 17.0 Å². The second kappa shape index (κ2) is 11.2. The van der Waals surface area contributed by atoms with Crippen molar-refractivity contribution in [2.75, 3.05) is 32.8 Å². The highest BCUT2D eigenvalue weighted by Gasteiger charge is 2.27. The van der Waals surface area contributed by atoms with Crippen LogP contribution in [-0.4, -0.2) is 48.5 Å². The fraction of sp³-hybridized carbons (Fsp3) is 0.296. The van der Waals surface area contributed by atoms with Crippen LogP contribution < -0.4 is 4.74 Å². The fourth-order valence-corrected chi connectivity index (χ4v) is 4.34. The van der Waals surface area contributed by atoms with Crippen molar-refractivity contribution in [2.24, 2.45) is 0 Å². The molecule has 0 unspecified atom stereocenters. The molecule has 5 heteroatoms. The predicted molar refractivity (Wildman–Crippen MR) is 129 cm³/mol. The minimum absolute atomic E-state index is 0.209. The lowest BCUT2D eigenvalue weighted by atomic mass is 9.96. The molecule has 1 amide bonds. The molecular weight excluding hydrogens is 420 g/mol. The van der Waals surface area contributed by atoms with E-state index in [1.54, 1.807) is 12.1 Å². The Kier molecular flexibility index (Phi) is 7.81. The maximum Gasteiger partial charge on any atom is 0.222 e. The summed E-state index contributed by atoms with van der Waals surface area (Å²) < 4.78 is 5.71. The molecule has 0 aliphatic carbocycles. The van der Waals surface area contributed by atoms with Crippen LogP contribution in [0.1, 0.15) is 30.0 Å². The summed E-state index contributed by atoms with van der Waals surface area (Å²) in [5.41, 5.74) is 2.58. The molecule has 0 saturated carbocycles. The quantitative estimate of drug-likeness (QED) is 0.430. The SMILES string of the molecule is O=C(CCCOc1ccc(Cl)cc1)N1CCN(C(c2ccccc2)c2ccccc2)CC1. The van der Waals surface area contributed by atoms with Crippen LogP contribution in [0.3, 0.4) is 0 Å². The summed E-state index contributed by atoms with van der Waals surface area (Å²) in [7, 11) is 0. The first kappa shape index (κ1) is 22.4. The molecule has 1 fully saturated rings. The highest BCUT2D eigenvalue weighted by Crippen LogP contribution is 2.29. The monoisotopic (exact) mass is 448 g/mol. The van der Waals surface area contributed by atoms with E-state index >= 15 is 0 Å². The summed E-state index contributed by atoms with van der Waals surface area (Å²) in [6.45, 7) is 3.76. The number of rotatable bonds is 8. The summed E-state index contributed by atoms with van der Waals surface area (Å²) in [6, 6.07) is 28.8. The van der Waals surface area contributed by atoms with E-state index in [0.29, 0.717) is 24.5 Å². The van der Waals surface area contributed by atoms with Crippen molar-refractivity contribution in [3.8, 4) is 5.75 Å². The molecule has 1 saturated heterocycles. The molecule has 3 aromatic carbocycles. The molecule has 0 N–H and O–H groups in total. The number of piperazine rings is 1. The van der Waals surface area contributed by atoms with E-state index in [0.717, 1.165) is 31.9 Å². The van der Waals surface area contributed by atoms with Gasteiger partial charge < -0.3 is 9.64 Å². The predicted octanol–water partition coefficient (Wildman–Crippen LogP) is 5.43. The standard InChI is InChI=1S/C27H29ClN2O2/c28-24-13-15-25(16-14-24)32-21-7-12-26(31)29-17-19-30(20-18-29)27(22-8-3-1-4-9-22)23-10-5-2-6-11-23/h1-6,8-11,13-16,27H,7,12,17-21H2. The van der Waals surface area contributed by atoms with Gasteiger partial charge >= 0.3 is 0 Å². The zero-order valence-corrected chi connectivity index (χ0v) is 19.0. The van der Waals surface area contributed by atoms with Gasteiger partial charge in [-0.05, 0) is 41.8 Å². The Labute approximate surface area is 195 Å².